The minimum atomic E-state index is -1.11. The molecule has 0 bridgehead atoms. The number of hydrogen-bond acceptors (Lipinski definition) is 5. The Morgan fingerprint density at radius 2 is 2.00 bits per heavy atom. The highest BCUT2D eigenvalue weighted by Gasteiger charge is 2.32. The van der Waals surface area contributed by atoms with E-state index in [1.165, 1.54) is 4.90 Å². The number of carbonyl (C=O) groups excluding carboxylic acids is 2. The lowest BCUT2D eigenvalue weighted by Crippen LogP contribution is -2.54. The van der Waals surface area contributed by atoms with Crippen LogP contribution >= 0.6 is 0 Å². The van der Waals surface area contributed by atoms with Crippen LogP contribution in [0.4, 0.5) is 0 Å². The molecule has 2 amide bonds. The van der Waals surface area contributed by atoms with Gasteiger partial charge in [-0.3, -0.25) is 9.59 Å². The number of amides is 2. The van der Waals surface area contributed by atoms with Gasteiger partial charge in [-0.1, -0.05) is 18.2 Å². The zero-order valence-electron chi connectivity index (χ0n) is 13.3. The van der Waals surface area contributed by atoms with Gasteiger partial charge in [0.2, 0.25) is 5.91 Å². The van der Waals surface area contributed by atoms with E-state index in [0.29, 0.717) is 12.3 Å². The summed E-state index contributed by atoms with van der Waals surface area (Å²) >= 11 is 0. The predicted octanol–water partition coefficient (Wildman–Crippen LogP) is -0.118. The van der Waals surface area contributed by atoms with E-state index in [1.54, 1.807) is 31.2 Å². The van der Waals surface area contributed by atoms with Crippen LogP contribution in [0.1, 0.15) is 6.92 Å². The van der Waals surface area contributed by atoms with Crippen LogP contribution in [0.5, 0.6) is 5.75 Å². The van der Waals surface area contributed by atoms with Gasteiger partial charge in [-0.2, -0.15) is 0 Å². The molecule has 1 aromatic rings. The van der Waals surface area contributed by atoms with E-state index in [-0.39, 0.29) is 31.7 Å². The number of nitrogens with zero attached hydrogens (tertiary/aromatic N) is 1. The lowest BCUT2D eigenvalue weighted by Gasteiger charge is -2.34. The first-order valence-corrected chi connectivity index (χ1v) is 7.56. The van der Waals surface area contributed by atoms with Gasteiger partial charge in [0.15, 0.2) is 12.7 Å². The average molecular weight is 336 g/mol. The zero-order valence-corrected chi connectivity index (χ0v) is 13.3. The maximum atomic E-state index is 12.1. The van der Waals surface area contributed by atoms with Crippen molar-refractivity contribution in [3.05, 3.63) is 30.3 Å². The number of aliphatic carboxylic acids is 1. The molecule has 8 heteroatoms. The Kier molecular flexibility index (Phi) is 6.14. The Morgan fingerprint density at radius 3 is 2.67 bits per heavy atom. The maximum Gasteiger partial charge on any atom is 0.334 e. The Hall–Kier alpha value is -2.61. The number of carbonyl (C=O) groups is 3. The SMILES string of the molecule is C[C@@H]1CN(C(=O)CNC(=O)COc2ccccc2)CC(C(=O)O)O1. The fourth-order valence-corrected chi connectivity index (χ4v) is 2.29. The van der Waals surface area contributed by atoms with E-state index in [4.69, 9.17) is 14.6 Å². The Morgan fingerprint density at radius 1 is 1.29 bits per heavy atom. The molecule has 0 saturated carbocycles. The van der Waals surface area contributed by atoms with Crippen LogP contribution in [0.15, 0.2) is 30.3 Å². The topological polar surface area (TPSA) is 105 Å². The highest BCUT2D eigenvalue weighted by molar-refractivity contribution is 5.86. The number of carboxylic acids is 1. The zero-order chi connectivity index (χ0) is 17.5. The molecule has 8 nitrogen and oxygen atoms in total. The van der Waals surface area contributed by atoms with E-state index < -0.39 is 18.0 Å². The minimum absolute atomic E-state index is 0.0328. The lowest BCUT2D eigenvalue weighted by molar-refractivity contribution is -0.166. The third-order valence-corrected chi connectivity index (χ3v) is 3.44. The number of rotatable bonds is 6. The maximum absolute atomic E-state index is 12.1. The second-order valence-corrected chi connectivity index (χ2v) is 5.45. The first-order valence-electron chi connectivity index (χ1n) is 7.56. The van der Waals surface area contributed by atoms with E-state index in [9.17, 15) is 14.4 Å². The van der Waals surface area contributed by atoms with Crippen molar-refractivity contribution in [1.82, 2.24) is 10.2 Å². The van der Waals surface area contributed by atoms with Gasteiger partial charge in [-0.15, -0.1) is 0 Å². The molecule has 2 atom stereocenters. The van der Waals surface area contributed by atoms with Crippen molar-refractivity contribution < 1.29 is 29.0 Å². The Balaban J connectivity index is 1.75. The van der Waals surface area contributed by atoms with E-state index in [2.05, 4.69) is 5.32 Å². The molecule has 1 heterocycles. The number of nitrogens with one attached hydrogen (secondary N) is 1. The molecule has 0 radical (unpaired) electrons. The first kappa shape index (κ1) is 17.7. The highest BCUT2D eigenvalue weighted by atomic mass is 16.5. The van der Waals surface area contributed by atoms with Gasteiger partial charge in [0.25, 0.3) is 5.91 Å². The monoisotopic (exact) mass is 336 g/mol. The lowest BCUT2D eigenvalue weighted by atomic mass is 10.2. The van der Waals surface area contributed by atoms with Crippen LogP contribution < -0.4 is 10.1 Å². The largest absolute Gasteiger partial charge is 0.484 e. The van der Waals surface area contributed by atoms with Crippen molar-refractivity contribution >= 4 is 17.8 Å². The van der Waals surface area contributed by atoms with Crippen molar-refractivity contribution in [3.8, 4) is 5.75 Å². The van der Waals surface area contributed by atoms with Crippen LogP contribution in [-0.2, 0) is 19.1 Å². The van der Waals surface area contributed by atoms with Gasteiger partial charge < -0.3 is 24.8 Å². The van der Waals surface area contributed by atoms with Crippen LogP contribution in [0, 0.1) is 0 Å². The molecule has 0 spiro atoms. The second-order valence-electron chi connectivity index (χ2n) is 5.45. The second kappa shape index (κ2) is 8.30. The smallest absolute Gasteiger partial charge is 0.334 e. The molecular formula is C16H20N2O6. The Bertz CT molecular complexity index is 591. The number of para-hydroxylation sites is 1. The standard InChI is InChI=1S/C16H20N2O6/c1-11-8-18(9-13(24-11)16(21)22)15(20)7-17-14(19)10-23-12-5-3-2-4-6-12/h2-6,11,13H,7-10H2,1H3,(H,17,19)(H,21,22)/t11-,13?/m1/s1. The summed E-state index contributed by atoms with van der Waals surface area (Å²) in [6, 6.07) is 8.85. The van der Waals surface area contributed by atoms with Crippen LogP contribution in [0.3, 0.4) is 0 Å². The number of ether oxygens (including phenoxy) is 2. The van der Waals surface area contributed by atoms with E-state index >= 15 is 0 Å². The van der Waals surface area contributed by atoms with Crippen molar-refractivity contribution in [2.75, 3.05) is 26.2 Å². The molecular weight excluding hydrogens is 316 g/mol. The molecule has 1 fully saturated rings. The van der Waals surface area contributed by atoms with E-state index in [0.717, 1.165) is 0 Å². The molecule has 0 aliphatic carbocycles. The molecule has 0 aromatic heterocycles. The van der Waals surface area contributed by atoms with Gasteiger partial charge in [-0.05, 0) is 19.1 Å². The fraction of sp³-hybridized carbons (Fsp3) is 0.438. The van der Waals surface area contributed by atoms with Crippen molar-refractivity contribution in [3.63, 3.8) is 0 Å². The van der Waals surface area contributed by atoms with Crippen molar-refractivity contribution in [2.45, 2.75) is 19.1 Å². The molecule has 1 aliphatic rings. The van der Waals surface area contributed by atoms with Gasteiger partial charge in [0.1, 0.15) is 5.75 Å². The molecule has 1 aliphatic heterocycles. The Labute approximate surface area is 139 Å². The summed E-state index contributed by atoms with van der Waals surface area (Å²) in [5.74, 6) is -1.34. The summed E-state index contributed by atoms with van der Waals surface area (Å²) in [4.78, 5) is 36.2. The summed E-state index contributed by atoms with van der Waals surface area (Å²) in [5.41, 5.74) is 0. The average Bonchev–Trinajstić information content (AvgIpc) is 2.58. The van der Waals surface area contributed by atoms with Gasteiger partial charge in [0, 0.05) is 6.54 Å². The first-order chi connectivity index (χ1) is 11.5. The minimum Gasteiger partial charge on any atom is -0.484 e. The van der Waals surface area contributed by atoms with Crippen molar-refractivity contribution in [2.24, 2.45) is 0 Å². The number of hydrogen-bond donors (Lipinski definition) is 2. The normalized spacial score (nSPS) is 20.3. The molecule has 2 N–H and O–H groups in total. The third kappa shape index (κ3) is 5.24. The van der Waals surface area contributed by atoms with Gasteiger partial charge >= 0.3 is 5.97 Å². The van der Waals surface area contributed by atoms with Crippen LogP contribution in [-0.4, -0.2) is 66.2 Å². The molecule has 1 aromatic carbocycles. The highest BCUT2D eigenvalue weighted by Crippen LogP contribution is 2.11. The number of morpholine rings is 1. The third-order valence-electron chi connectivity index (χ3n) is 3.44. The summed E-state index contributed by atoms with van der Waals surface area (Å²) in [6.07, 6.45) is -1.42. The fourth-order valence-electron chi connectivity index (χ4n) is 2.29. The molecule has 130 valence electrons. The summed E-state index contributed by atoms with van der Waals surface area (Å²) in [6.45, 7) is 1.54. The molecule has 2 rings (SSSR count). The summed E-state index contributed by atoms with van der Waals surface area (Å²) < 4.78 is 10.5. The van der Waals surface area contributed by atoms with Gasteiger partial charge in [0.05, 0.1) is 19.2 Å². The van der Waals surface area contributed by atoms with Crippen molar-refractivity contribution in [1.29, 1.82) is 0 Å². The number of carboxylic acid groups (broad SMARTS) is 1. The summed E-state index contributed by atoms with van der Waals surface area (Å²) in [7, 11) is 0. The molecule has 1 unspecified atom stereocenters. The molecule has 1 saturated heterocycles. The predicted molar refractivity (Wildman–Crippen MR) is 83.5 cm³/mol. The summed E-state index contributed by atoms with van der Waals surface area (Å²) in [5, 5.41) is 11.5. The van der Waals surface area contributed by atoms with Crippen LogP contribution in [0.2, 0.25) is 0 Å². The van der Waals surface area contributed by atoms with Crippen LogP contribution in [0.25, 0.3) is 0 Å². The number of benzene rings is 1. The molecule has 24 heavy (non-hydrogen) atoms. The van der Waals surface area contributed by atoms with Gasteiger partial charge in [-0.25, -0.2) is 4.79 Å². The quantitative estimate of drug-likeness (QED) is 0.750. The van der Waals surface area contributed by atoms with E-state index in [1.807, 2.05) is 6.07 Å².